The van der Waals surface area contributed by atoms with E-state index in [1.54, 1.807) is 13.3 Å². The first-order valence-corrected chi connectivity index (χ1v) is 8.81. The number of rotatable bonds is 3. The molecule has 0 spiro atoms. The highest BCUT2D eigenvalue weighted by Crippen LogP contribution is 2.41. The first-order chi connectivity index (χ1) is 12.0. The quantitative estimate of drug-likeness (QED) is 0.930. The fourth-order valence-corrected chi connectivity index (χ4v) is 3.64. The van der Waals surface area contributed by atoms with Gasteiger partial charge in [-0.25, -0.2) is 0 Å². The summed E-state index contributed by atoms with van der Waals surface area (Å²) in [5, 5.41) is 10.5. The highest BCUT2D eigenvalue weighted by molar-refractivity contribution is 5.94. The molecule has 1 saturated carbocycles. The van der Waals surface area contributed by atoms with E-state index in [2.05, 4.69) is 33.9 Å². The predicted molar refractivity (Wildman–Crippen MR) is 95.9 cm³/mol. The third-order valence-corrected chi connectivity index (χ3v) is 5.63. The van der Waals surface area contributed by atoms with Gasteiger partial charge in [0.25, 0.3) is 5.56 Å². The molecule has 2 aromatic heterocycles. The van der Waals surface area contributed by atoms with Crippen LogP contribution in [0, 0.1) is 11.3 Å². The lowest BCUT2D eigenvalue weighted by atomic mass is 9.92. The highest BCUT2D eigenvalue weighted by atomic mass is 16.5. The van der Waals surface area contributed by atoms with Crippen LogP contribution in [0.3, 0.4) is 0 Å². The van der Waals surface area contributed by atoms with Gasteiger partial charge in [-0.15, -0.1) is 0 Å². The van der Waals surface area contributed by atoms with E-state index in [-0.39, 0.29) is 16.7 Å². The van der Waals surface area contributed by atoms with Gasteiger partial charge in [-0.3, -0.25) is 9.78 Å². The largest absolute Gasteiger partial charge is 0.378 e. The number of aromatic nitrogens is 2. The maximum atomic E-state index is 12.4. The standard InChI is InChI=1S/C19H22N4O2/c1-19(25-2)5-7-23(8-6-19)17-13-9-15(12-3-4-12)21-11-16(13)22-18(24)14(17)10-20/h9,11-12H,3-8H2,1-2H3,(H,22,24). The number of hydrogen-bond acceptors (Lipinski definition) is 5. The summed E-state index contributed by atoms with van der Waals surface area (Å²) in [5.74, 6) is 0.521. The molecule has 1 aliphatic carbocycles. The minimum atomic E-state index is -0.342. The molecular formula is C19H22N4O2. The molecule has 130 valence electrons. The van der Waals surface area contributed by atoms with E-state index in [1.807, 2.05) is 0 Å². The van der Waals surface area contributed by atoms with E-state index in [9.17, 15) is 10.1 Å². The van der Waals surface area contributed by atoms with Crippen LogP contribution in [0.5, 0.6) is 0 Å². The van der Waals surface area contributed by atoms with E-state index in [1.165, 1.54) is 0 Å². The zero-order valence-corrected chi connectivity index (χ0v) is 14.6. The fourth-order valence-electron chi connectivity index (χ4n) is 3.64. The van der Waals surface area contributed by atoms with Crippen molar-refractivity contribution >= 4 is 16.6 Å². The van der Waals surface area contributed by atoms with Crippen LogP contribution in [0.4, 0.5) is 5.69 Å². The number of nitrogens with zero attached hydrogens (tertiary/aromatic N) is 3. The molecule has 0 bridgehead atoms. The second kappa shape index (κ2) is 5.85. The number of aromatic amines is 1. The molecule has 6 nitrogen and oxygen atoms in total. The zero-order valence-electron chi connectivity index (χ0n) is 14.6. The molecule has 3 heterocycles. The molecule has 1 aliphatic heterocycles. The van der Waals surface area contributed by atoms with E-state index in [0.717, 1.165) is 55.5 Å². The van der Waals surface area contributed by atoms with Gasteiger partial charge in [-0.2, -0.15) is 5.26 Å². The number of nitriles is 1. The van der Waals surface area contributed by atoms with Gasteiger partial charge < -0.3 is 14.6 Å². The Kier molecular flexibility index (Phi) is 3.77. The molecule has 0 atom stereocenters. The molecule has 2 fully saturated rings. The molecule has 0 aromatic carbocycles. The van der Waals surface area contributed by atoms with Gasteiger partial charge in [0.05, 0.1) is 23.0 Å². The van der Waals surface area contributed by atoms with Crippen molar-refractivity contribution in [2.24, 2.45) is 0 Å². The SMILES string of the molecule is COC1(C)CCN(c2c(C#N)c(=O)[nH]c3cnc(C4CC4)cc23)CC1. The van der Waals surface area contributed by atoms with Crippen LogP contribution in [-0.2, 0) is 4.74 Å². The number of nitrogens with one attached hydrogen (secondary N) is 1. The summed E-state index contributed by atoms with van der Waals surface area (Å²) in [6, 6.07) is 4.17. The molecule has 2 aliphatic rings. The number of piperidine rings is 1. The Morgan fingerprint density at radius 2 is 2.12 bits per heavy atom. The Morgan fingerprint density at radius 3 is 2.72 bits per heavy atom. The Hall–Kier alpha value is -2.39. The second-order valence-electron chi connectivity index (χ2n) is 7.36. The van der Waals surface area contributed by atoms with Crippen LogP contribution in [0.2, 0.25) is 0 Å². The van der Waals surface area contributed by atoms with Gasteiger partial charge in [0.15, 0.2) is 0 Å². The lowest BCUT2D eigenvalue weighted by molar-refractivity contribution is -0.0132. The second-order valence-corrected chi connectivity index (χ2v) is 7.36. The van der Waals surface area contributed by atoms with E-state index in [0.29, 0.717) is 11.4 Å². The van der Waals surface area contributed by atoms with E-state index >= 15 is 0 Å². The minimum absolute atomic E-state index is 0.138. The predicted octanol–water partition coefficient (Wildman–Crippen LogP) is 2.68. The Labute approximate surface area is 146 Å². The van der Waals surface area contributed by atoms with Crippen molar-refractivity contribution in [1.29, 1.82) is 5.26 Å². The van der Waals surface area contributed by atoms with Crippen LogP contribution in [-0.4, -0.2) is 35.8 Å². The van der Waals surface area contributed by atoms with Crippen LogP contribution in [0.25, 0.3) is 10.9 Å². The Morgan fingerprint density at radius 1 is 1.40 bits per heavy atom. The molecule has 2 aromatic rings. The van der Waals surface area contributed by atoms with Gasteiger partial charge in [-0.05, 0) is 38.7 Å². The van der Waals surface area contributed by atoms with Gasteiger partial charge in [0, 0.05) is 37.2 Å². The summed E-state index contributed by atoms with van der Waals surface area (Å²) in [6.45, 7) is 3.64. The maximum absolute atomic E-state index is 12.4. The van der Waals surface area contributed by atoms with Crippen molar-refractivity contribution in [2.45, 2.75) is 44.1 Å². The van der Waals surface area contributed by atoms with Crippen LogP contribution in [0.15, 0.2) is 17.1 Å². The first-order valence-electron chi connectivity index (χ1n) is 8.81. The van der Waals surface area contributed by atoms with Crippen molar-refractivity contribution in [1.82, 2.24) is 9.97 Å². The Balaban J connectivity index is 1.84. The summed E-state index contributed by atoms with van der Waals surface area (Å²) in [7, 11) is 1.74. The fraction of sp³-hybridized carbons (Fsp3) is 0.526. The van der Waals surface area contributed by atoms with Crippen LogP contribution in [0.1, 0.15) is 49.8 Å². The zero-order chi connectivity index (χ0) is 17.6. The number of methoxy groups -OCH3 is 1. The average Bonchev–Trinajstić information content (AvgIpc) is 3.46. The van der Waals surface area contributed by atoms with Crippen molar-refractivity contribution < 1.29 is 4.74 Å². The summed E-state index contributed by atoms with van der Waals surface area (Å²) in [4.78, 5) is 21.9. The number of ether oxygens (including phenoxy) is 1. The normalized spacial score (nSPS) is 19.8. The number of hydrogen-bond donors (Lipinski definition) is 1. The number of H-pyrrole nitrogens is 1. The molecule has 0 amide bonds. The monoisotopic (exact) mass is 338 g/mol. The maximum Gasteiger partial charge on any atom is 0.268 e. The summed E-state index contributed by atoms with van der Waals surface area (Å²) >= 11 is 0. The molecule has 0 unspecified atom stereocenters. The van der Waals surface area contributed by atoms with Crippen LogP contribution < -0.4 is 10.5 Å². The van der Waals surface area contributed by atoms with E-state index < -0.39 is 0 Å². The van der Waals surface area contributed by atoms with Crippen LogP contribution >= 0.6 is 0 Å². The molecule has 0 radical (unpaired) electrons. The highest BCUT2D eigenvalue weighted by Gasteiger charge is 2.32. The van der Waals surface area contributed by atoms with Crippen molar-refractivity contribution in [3.05, 3.63) is 33.9 Å². The van der Waals surface area contributed by atoms with Gasteiger partial charge in [0.2, 0.25) is 0 Å². The third-order valence-electron chi connectivity index (χ3n) is 5.63. The van der Waals surface area contributed by atoms with Crippen molar-refractivity contribution in [3.8, 4) is 6.07 Å². The smallest absolute Gasteiger partial charge is 0.268 e. The molecule has 1 N–H and O–H groups in total. The molecular weight excluding hydrogens is 316 g/mol. The van der Waals surface area contributed by atoms with Crippen molar-refractivity contribution in [3.63, 3.8) is 0 Å². The van der Waals surface area contributed by atoms with E-state index in [4.69, 9.17) is 4.74 Å². The molecule has 6 heteroatoms. The number of pyridine rings is 2. The van der Waals surface area contributed by atoms with Gasteiger partial charge in [-0.1, -0.05) is 0 Å². The lowest BCUT2D eigenvalue weighted by Crippen LogP contribution is -2.44. The minimum Gasteiger partial charge on any atom is -0.378 e. The third kappa shape index (κ3) is 2.79. The molecule has 25 heavy (non-hydrogen) atoms. The number of fused-ring (bicyclic) bond motifs is 1. The first kappa shape index (κ1) is 16.1. The summed E-state index contributed by atoms with van der Waals surface area (Å²) < 4.78 is 5.62. The van der Waals surface area contributed by atoms with Crippen molar-refractivity contribution in [2.75, 3.05) is 25.1 Å². The molecule has 4 rings (SSSR count). The molecule has 1 saturated heterocycles. The number of anilines is 1. The lowest BCUT2D eigenvalue weighted by Gasteiger charge is -2.40. The van der Waals surface area contributed by atoms with Gasteiger partial charge >= 0.3 is 0 Å². The topological polar surface area (TPSA) is 82.0 Å². The summed E-state index contributed by atoms with van der Waals surface area (Å²) in [5.41, 5.74) is 2.23. The summed E-state index contributed by atoms with van der Waals surface area (Å²) in [6.07, 6.45) is 5.79. The van der Waals surface area contributed by atoms with Gasteiger partial charge in [0.1, 0.15) is 11.6 Å². The Bertz CT molecular complexity index is 915. The average molecular weight is 338 g/mol.